The van der Waals surface area contributed by atoms with Crippen molar-refractivity contribution in [3.63, 3.8) is 0 Å². The fourth-order valence-electron chi connectivity index (χ4n) is 2.02. The predicted molar refractivity (Wildman–Crippen MR) is 78.4 cm³/mol. The van der Waals surface area contributed by atoms with E-state index in [1.807, 2.05) is 0 Å². The summed E-state index contributed by atoms with van der Waals surface area (Å²) in [5.41, 5.74) is 1.66. The van der Waals surface area contributed by atoms with Crippen molar-refractivity contribution in [2.45, 2.75) is 5.88 Å². The van der Waals surface area contributed by atoms with Crippen LogP contribution >= 0.6 is 34.8 Å². The van der Waals surface area contributed by atoms with Gasteiger partial charge < -0.3 is 0 Å². The van der Waals surface area contributed by atoms with Crippen molar-refractivity contribution in [1.82, 2.24) is 14.5 Å². The van der Waals surface area contributed by atoms with Crippen LogP contribution in [0.1, 0.15) is 5.82 Å². The van der Waals surface area contributed by atoms with E-state index in [4.69, 9.17) is 34.8 Å². The molecule has 0 aliphatic heterocycles. The van der Waals surface area contributed by atoms with E-state index in [2.05, 4.69) is 9.97 Å². The fraction of sp³-hybridized carbons (Fsp3) is 0.0769. The summed E-state index contributed by atoms with van der Waals surface area (Å²) in [7, 11) is 0. The van der Waals surface area contributed by atoms with Gasteiger partial charge in [-0.15, -0.1) is 11.6 Å². The first-order chi connectivity index (χ1) is 9.58. The average molecular weight is 331 g/mol. The number of nitrogens with zero attached hydrogens (tertiary/aromatic N) is 3. The minimum atomic E-state index is -0.441. The van der Waals surface area contributed by atoms with Gasteiger partial charge in [0.2, 0.25) is 0 Å². The summed E-state index contributed by atoms with van der Waals surface area (Å²) in [6.07, 6.45) is 1.50. The summed E-state index contributed by atoms with van der Waals surface area (Å²) in [5, 5.41) is 0.761. The van der Waals surface area contributed by atoms with Crippen LogP contribution < -0.4 is 0 Å². The number of aromatic nitrogens is 3. The fourth-order valence-corrected chi connectivity index (χ4v) is 2.56. The van der Waals surface area contributed by atoms with E-state index in [-0.39, 0.29) is 10.9 Å². The number of alkyl halides is 1. The predicted octanol–water partition coefficient (Wildman–Crippen LogP) is 4.61. The second-order valence-corrected chi connectivity index (χ2v) is 5.26. The molecule has 0 atom stereocenters. The van der Waals surface area contributed by atoms with Crippen molar-refractivity contribution in [3.8, 4) is 5.69 Å². The molecular weight excluding hydrogens is 324 g/mol. The van der Waals surface area contributed by atoms with Gasteiger partial charge in [-0.3, -0.25) is 4.57 Å². The molecule has 3 aromatic rings. The third-order valence-corrected chi connectivity index (χ3v) is 3.42. The second-order valence-electron chi connectivity index (χ2n) is 4.12. The topological polar surface area (TPSA) is 30.7 Å². The van der Waals surface area contributed by atoms with E-state index in [0.717, 1.165) is 0 Å². The van der Waals surface area contributed by atoms with E-state index in [1.165, 1.54) is 18.3 Å². The molecule has 0 amide bonds. The normalized spacial score (nSPS) is 11.2. The molecular formula is C13H7Cl3FN3. The van der Waals surface area contributed by atoms with E-state index in [0.29, 0.717) is 27.7 Å². The Labute approximate surface area is 128 Å². The molecule has 0 radical (unpaired) electrons. The van der Waals surface area contributed by atoms with Crippen LogP contribution in [-0.2, 0) is 5.88 Å². The second kappa shape index (κ2) is 5.20. The number of imidazole rings is 1. The zero-order valence-electron chi connectivity index (χ0n) is 9.95. The number of benzene rings is 1. The lowest BCUT2D eigenvalue weighted by atomic mass is 10.3. The third-order valence-electron chi connectivity index (χ3n) is 2.76. The lowest BCUT2D eigenvalue weighted by molar-refractivity contribution is 0.626. The van der Waals surface area contributed by atoms with Crippen molar-refractivity contribution < 1.29 is 4.39 Å². The number of halogens is 4. The summed E-state index contributed by atoms with van der Waals surface area (Å²) < 4.78 is 15.2. The first kappa shape index (κ1) is 13.6. The van der Waals surface area contributed by atoms with Crippen LogP contribution in [0.5, 0.6) is 0 Å². The Morgan fingerprint density at radius 1 is 1.10 bits per heavy atom. The highest BCUT2D eigenvalue weighted by atomic mass is 35.5. The van der Waals surface area contributed by atoms with Crippen LogP contribution in [0, 0.1) is 5.82 Å². The first-order valence-electron chi connectivity index (χ1n) is 5.64. The lowest BCUT2D eigenvalue weighted by Crippen LogP contribution is -2.01. The largest absolute Gasteiger partial charge is 0.280 e. The van der Waals surface area contributed by atoms with Crippen molar-refractivity contribution in [3.05, 3.63) is 52.1 Å². The van der Waals surface area contributed by atoms with E-state index in [9.17, 15) is 4.39 Å². The molecule has 7 heteroatoms. The summed E-state index contributed by atoms with van der Waals surface area (Å²) in [4.78, 5) is 8.58. The molecule has 0 N–H and O–H groups in total. The van der Waals surface area contributed by atoms with Gasteiger partial charge in [-0.1, -0.05) is 23.2 Å². The molecule has 3 rings (SSSR count). The summed E-state index contributed by atoms with van der Waals surface area (Å²) in [6.45, 7) is 0. The van der Waals surface area contributed by atoms with E-state index >= 15 is 0 Å². The number of rotatable bonds is 2. The van der Waals surface area contributed by atoms with E-state index < -0.39 is 5.82 Å². The summed E-state index contributed by atoms with van der Waals surface area (Å²) in [6, 6.07) is 5.88. The van der Waals surface area contributed by atoms with Crippen molar-refractivity contribution in [1.29, 1.82) is 0 Å². The number of hydrogen-bond donors (Lipinski definition) is 0. The van der Waals surface area contributed by atoms with E-state index in [1.54, 1.807) is 16.7 Å². The van der Waals surface area contributed by atoms with Gasteiger partial charge >= 0.3 is 0 Å². The van der Waals surface area contributed by atoms with Crippen LogP contribution in [0.25, 0.3) is 16.9 Å². The molecule has 102 valence electrons. The lowest BCUT2D eigenvalue weighted by Gasteiger charge is -2.07. The highest BCUT2D eigenvalue weighted by Gasteiger charge is 2.14. The molecule has 0 fully saturated rings. The molecule has 0 saturated carbocycles. The van der Waals surface area contributed by atoms with Gasteiger partial charge in [-0.05, 0) is 24.3 Å². The van der Waals surface area contributed by atoms with Crippen LogP contribution in [0.4, 0.5) is 4.39 Å². The van der Waals surface area contributed by atoms with Crippen LogP contribution in [0.15, 0.2) is 30.5 Å². The Kier molecular flexibility index (Phi) is 3.54. The van der Waals surface area contributed by atoms with Gasteiger partial charge in [0.15, 0.2) is 5.65 Å². The molecule has 0 unspecified atom stereocenters. The Hall–Kier alpha value is -1.36. The highest BCUT2D eigenvalue weighted by Crippen LogP contribution is 2.25. The molecule has 0 aliphatic carbocycles. The Morgan fingerprint density at radius 3 is 2.60 bits per heavy atom. The van der Waals surface area contributed by atoms with Gasteiger partial charge in [0.25, 0.3) is 0 Å². The van der Waals surface area contributed by atoms with Crippen LogP contribution in [-0.4, -0.2) is 14.5 Å². The smallest absolute Gasteiger partial charge is 0.164 e. The maximum Gasteiger partial charge on any atom is 0.164 e. The molecule has 1 aromatic carbocycles. The molecule has 2 aromatic heterocycles. The first-order valence-corrected chi connectivity index (χ1v) is 6.93. The SMILES string of the molecule is Fc1cc(Cl)cc(-n2c(CCl)nc3cc(Cl)cnc32)c1. The average Bonchev–Trinajstić information content (AvgIpc) is 2.74. The molecule has 3 nitrogen and oxygen atoms in total. The Bertz CT molecular complexity index is 781. The van der Waals surface area contributed by atoms with Gasteiger partial charge in [-0.25, -0.2) is 14.4 Å². The molecule has 0 aliphatic rings. The Balaban J connectivity index is 2.33. The quantitative estimate of drug-likeness (QED) is 0.643. The monoisotopic (exact) mass is 329 g/mol. The van der Waals surface area contributed by atoms with Crippen molar-refractivity contribution >= 4 is 46.0 Å². The Morgan fingerprint density at radius 2 is 1.90 bits per heavy atom. The van der Waals surface area contributed by atoms with Crippen molar-refractivity contribution in [2.24, 2.45) is 0 Å². The van der Waals surface area contributed by atoms with Gasteiger partial charge in [0.1, 0.15) is 17.2 Å². The molecule has 0 spiro atoms. The third kappa shape index (κ3) is 2.35. The number of fused-ring (bicyclic) bond motifs is 1. The minimum absolute atomic E-state index is 0.155. The molecule has 20 heavy (non-hydrogen) atoms. The number of pyridine rings is 1. The summed E-state index contributed by atoms with van der Waals surface area (Å²) in [5.74, 6) is 0.254. The molecule has 2 heterocycles. The zero-order valence-corrected chi connectivity index (χ0v) is 12.2. The molecule has 0 saturated heterocycles. The number of hydrogen-bond acceptors (Lipinski definition) is 2. The molecule has 0 bridgehead atoms. The maximum absolute atomic E-state index is 13.5. The van der Waals surface area contributed by atoms with Gasteiger partial charge in [-0.2, -0.15) is 0 Å². The minimum Gasteiger partial charge on any atom is -0.280 e. The zero-order chi connectivity index (χ0) is 14.3. The maximum atomic E-state index is 13.5. The van der Waals surface area contributed by atoms with Crippen LogP contribution in [0.3, 0.4) is 0 Å². The summed E-state index contributed by atoms with van der Waals surface area (Å²) >= 11 is 17.7. The standard InChI is InChI=1S/C13H7Cl3FN3/c14-5-12-19-11-3-8(16)6-18-13(11)20(12)10-2-7(15)1-9(17)4-10/h1-4,6H,5H2. The van der Waals surface area contributed by atoms with Crippen molar-refractivity contribution in [2.75, 3.05) is 0 Å². The highest BCUT2D eigenvalue weighted by molar-refractivity contribution is 6.31. The van der Waals surface area contributed by atoms with Gasteiger partial charge in [0, 0.05) is 11.2 Å². The van der Waals surface area contributed by atoms with Crippen LogP contribution in [0.2, 0.25) is 10.0 Å². The van der Waals surface area contributed by atoms with Gasteiger partial charge in [0.05, 0.1) is 16.6 Å².